The van der Waals surface area contributed by atoms with Crippen molar-refractivity contribution in [1.29, 1.82) is 0 Å². The van der Waals surface area contributed by atoms with Crippen LogP contribution in [0.15, 0.2) is 88.5 Å². The van der Waals surface area contributed by atoms with Crippen LogP contribution in [0.4, 0.5) is 5.69 Å². The Kier molecular flexibility index (Phi) is 6.06. The van der Waals surface area contributed by atoms with Gasteiger partial charge in [0.05, 0.1) is 18.5 Å². The molecule has 1 aliphatic heterocycles. The first-order chi connectivity index (χ1) is 15.8. The molecule has 1 unspecified atom stereocenters. The van der Waals surface area contributed by atoms with E-state index in [4.69, 9.17) is 9.41 Å². The van der Waals surface area contributed by atoms with E-state index in [0.717, 1.165) is 35.8 Å². The number of carbonyl (C=O) groups is 1. The molecule has 1 saturated carbocycles. The van der Waals surface area contributed by atoms with Crippen molar-refractivity contribution in [2.24, 2.45) is 4.99 Å². The third kappa shape index (κ3) is 4.33. The Labute approximate surface area is 189 Å². The van der Waals surface area contributed by atoms with E-state index in [-0.39, 0.29) is 5.91 Å². The summed E-state index contributed by atoms with van der Waals surface area (Å²) in [7, 11) is 0. The highest BCUT2D eigenvalue weighted by Crippen LogP contribution is 2.31. The molecule has 0 spiro atoms. The summed E-state index contributed by atoms with van der Waals surface area (Å²) in [5, 5.41) is 0. The average Bonchev–Trinajstić information content (AvgIpc) is 3.47. The fourth-order valence-corrected chi connectivity index (χ4v) is 4.82. The van der Waals surface area contributed by atoms with E-state index in [2.05, 4.69) is 17.0 Å². The van der Waals surface area contributed by atoms with Gasteiger partial charge in [-0.15, -0.1) is 0 Å². The van der Waals surface area contributed by atoms with Crippen LogP contribution in [0, 0.1) is 0 Å². The Balaban J connectivity index is 1.53. The zero-order chi connectivity index (χ0) is 21.8. The minimum Gasteiger partial charge on any atom is -0.467 e. The summed E-state index contributed by atoms with van der Waals surface area (Å²) in [5.74, 6) is 1.69. The molecule has 1 aromatic heterocycles. The second kappa shape index (κ2) is 9.43. The van der Waals surface area contributed by atoms with Gasteiger partial charge in [0.2, 0.25) is 5.96 Å². The summed E-state index contributed by atoms with van der Waals surface area (Å²) < 4.78 is 5.70. The molecule has 5 nitrogen and oxygen atoms in total. The Hall–Kier alpha value is -3.34. The van der Waals surface area contributed by atoms with Crippen molar-refractivity contribution in [2.45, 2.75) is 57.2 Å². The average molecular weight is 428 g/mol. The minimum atomic E-state index is -0.421. The van der Waals surface area contributed by atoms with Gasteiger partial charge >= 0.3 is 0 Å². The Morgan fingerprint density at radius 2 is 1.62 bits per heavy atom. The second-order valence-electron chi connectivity index (χ2n) is 8.64. The lowest BCUT2D eigenvalue weighted by Gasteiger charge is -2.37. The number of anilines is 1. The van der Waals surface area contributed by atoms with E-state index in [9.17, 15) is 4.79 Å². The molecule has 1 amide bonds. The molecule has 0 bridgehead atoms. The Morgan fingerprint density at radius 1 is 0.906 bits per heavy atom. The quantitative estimate of drug-likeness (QED) is 0.527. The van der Waals surface area contributed by atoms with Crippen molar-refractivity contribution in [1.82, 2.24) is 4.90 Å². The van der Waals surface area contributed by atoms with Gasteiger partial charge in [0, 0.05) is 12.5 Å². The zero-order valence-corrected chi connectivity index (χ0v) is 18.3. The zero-order valence-electron chi connectivity index (χ0n) is 18.3. The monoisotopic (exact) mass is 427 g/mol. The van der Waals surface area contributed by atoms with Crippen LogP contribution in [-0.4, -0.2) is 28.9 Å². The summed E-state index contributed by atoms with van der Waals surface area (Å²) in [6.45, 7) is 0.616. The minimum absolute atomic E-state index is 0.0373. The number of hydrogen-bond acceptors (Lipinski definition) is 4. The Morgan fingerprint density at radius 3 is 2.31 bits per heavy atom. The van der Waals surface area contributed by atoms with Crippen LogP contribution in [0.3, 0.4) is 0 Å². The van der Waals surface area contributed by atoms with E-state index in [1.165, 1.54) is 19.3 Å². The van der Waals surface area contributed by atoms with Crippen LogP contribution in [0.1, 0.15) is 43.4 Å². The van der Waals surface area contributed by atoms with Crippen molar-refractivity contribution < 1.29 is 9.21 Å². The third-order valence-electron chi connectivity index (χ3n) is 6.44. The van der Waals surface area contributed by atoms with Crippen molar-refractivity contribution in [3.63, 3.8) is 0 Å². The largest absolute Gasteiger partial charge is 0.467 e. The lowest BCUT2D eigenvalue weighted by atomic mass is 9.94. The number of hydrogen-bond donors (Lipinski definition) is 0. The van der Waals surface area contributed by atoms with Gasteiger partial charge in [0.15, 0.2) is 0 Å². The number of benzene rings is 2. The van der Waals surface area contributed by atoms with Gasteiger partial charge in [-0.05, 0) is 42.7 Å². The molecule has 0 radical (unpaired) electrons. The van der Waals surface area contributed by atoms with E-state index in [0.29, 0.717) is 19.0 Å². The molecule has 3 aromatic rings. The van der Waals surface area contributed by atoms with Crippen molar-refractivity contribution in [3.05, 3.63) is 90.4 Å². The lowest BCUT2D eigenvalue weighted by molar-refractivity contribution is -0.118. The van der Waals surface area contributed by atoms with Crippen molar-refractivity contribution in [3.8, 4) is 0 Å². The van der Waals surface area contributed by atoms with E-state index < -0.39 is 6.04 Å². The fourth-order valence-electron chi connectivity index (χ4n) is 4.82. The number of guanidine groups is 1. The van der Waals surface area contributed by atoms with Crippen LogP contribution in [-0.2, 0) is 17.8 Å². The maximum Gasteiger partial charge on any atom is 0.259 e. The van der Waals surface area contributed by atoms with Crippen LogP contribution in [0.25, 0.3) is 0 Å². The first-order valence-corrected chi connectivity index (χ1v) is 11.6. The standard InChI is InChI=1S/C27H29N3O2/c31-26-25(19-21-11-4-1-5-12-21)28-27(30(26)23-15-8-3-9-16-23)29(20-24-17-10-18-32-24)22-13-6-2-7-14-22/h1,3-5,8-12,15-18,22,25H,2,6-7,13-14,19-20H2. The second-order valence-corrected chi connectivity index (χ2v) is 8.64. The first kappa shape index (κ1) is 20.6. The van der Waals surface area contributed by atoms with E-state index >= 15 is 0 Å². The summed E-state index contributed by atoms with van der Waals surface area (Å²) in [4.78, 5) is 22.9. The third-order valence-corrected chi connectivity index (χ3v) is 6.44. The molecule has 164 valence electrons. The summed E-state index contributed by atoms with van der Waals surface area (Å²) in [5.41, 5.74) is 1.99. The molecule has 5 heteroatoms. The molecule has 0 N–H and O–H groups in total. The van der Waals surface area contributed by atoms with Crippen LogP contribution in [0.2, 0.25) is 0 Å². The normalized spacial score (nSPS) is 19.2. The molecule has 1 fully saturated rings. The number of amides is 1. The summed E-state index contributed by atoms with van der Waals surface area (Å²) >= 11 is 0. The molecule has 32 heavy (non-hydrogen) atoms. The van der Waals surface area contributed by atoms with E-state index in [1.54, 1.807) is 6.26 Å². The highest BCUT2D eigenvalue weighted by Gasteiger charge is 2.40. The lowest BCUT2D eigenvalue weighted by Crippen LogP contribution is -2.49. The highest BCUT2D eigenvalue weighted by atomic mass is 16.3. The molecular weight excluding hydrogens is 398 g/mol. The summed E-state index contributed by atoms with van der Waals surface area (Å²) in [6, 6.07) is 23.9. The number of carbonyl (C=O) groups excluding carboxylic acids is 1. The number of aliphatic imine (C=N–C) groups is 1. The van der Waals surface area contributed by atoms with Gasteiger partial charge in [-0.2, -0.15) is 0 Å². The molecule has 2 aromatic carbocycles. The number of rotatable bonds is 6. The molecule has 1 atom stereocenters. The molecule has 2 aliphatic rings. The smallest absolute Gasteiger partial charge is 0.259 e. The number of para-hydroxylation sites is 1. The molecule has 1 aliphatic carbocycles. The number of nitrogens with zero attached hydrogens (tertiary/aromatic N) is 3. The van der Waals surface area contributed by atoms with E-state index in [1.807, 2.05) is 65.6 Å². The highest BCUT2D eigenvalue weighted by molar-refractivity contribution is 6.22. The first-order valence-electron chi connectivity index (χ1n) is 11.6. The summed E-state index contributed by atoms with van der Waals surface area (Å²) in [6.07, 6.45) is 8.23. The molecule has 5 rings (SSSR count). The van der Waals surface area contributed by atoms with Crippen molar-refractivity contribution in [2.75, 3.05) is 4.90 Å². The van der Waals surface area contributed by atoms with Gasteiger partial charge in [-0.1, -0.05) is 67.8 Å². The van der Waals surface area contributed by atoms with Gasteiger partial charge in [0.1, 0.15) is 11.8 Å². The van der Waals surface area contributed by atoms with Crippen LogP contribution >= 0.6 is 0 Å². The molecule has 0 saturated heterocycles. The Bertz CT molecular complexity index is 1040. The SMILES string of the molecule is O=C1C(Cc2ccccc2)N=C(N(Cc2ccco2)C2CCCCC2)N1c1ccccc1. The predicted molar refractivity (Wildman–Crippen MR) is 126 cm³/mol. The van der Waals surface area contributed by atoms with Crippen molar-refractivity contribution >= 4 is 17.6 Å². The molecule has 2 heterocycles. The van der Waals surface area contributed by atoms with Gasteiger partial charge in [0.25, 0.3) is 5.91 Å². The maximum absolute atomic E-state index is 13.7. The number of furan rings is 1. The van der Waals surface area contributed by atoms with Gasteiger partial charge < -0.3 is 9.32 Å². The van der Waals surface area contributed by atoms with Gasteiger partial charge in [-0.3, -0.25) is 4.79 Å². The van der Waals surface area contributed by atoms with Gasteiger partial charge in [-0.25, -0.2) is 9.89 Å². The topological polar surface area (TPSA) is 49.1 Å². The van der Waals surface area contributed by atoms with Crippen LogP contribution < -0.4 is 4.90 Å². The molecular formula is C27H29N3O2. The maximum atomic E-state index is 13.7. The predicted octanol–water partition coefficient (Wildman–Crippen LogP) is 5.43. The fraction of sp³-hybridized carbons (Fsp3) is 0.333. The van der Waals surface area contributed by atoms with Crippen LogP contribution in [0.5, 0.6) is 0 Å².